The standard InChI is InChI=1S/C14H19ClN2OS/c15-13-8-10(14(16)17-18)6-7-11(13)9-19-12-4-2-1-3-5-12/h6-8,12,18H,1-5,9H2,(H2,16,17). The summed E-state index contributed by atoms with van der Waals surface area (Å²) in [5.41, 5.74) is 7.31. The molecule has 1 saturated carbocycles. The summed E-state index contributed by atoms with van der Waals surface area (Å²) in [6.07, 6.45) is 6.74. The Morgan fingerprint density at radius 2 is 2.11 bits per heavy atom. The number of rotatable bonds is 4. The van der Waals surface area contributed by atoms with Crippen molar-refractivity contribution >= 4 is 29.2 Å². The first-order valence-corrected chi connectivity index (χ1v) is 8.01. The molecule has 1 fully saturated rings. The Hall–Kier alpha value is -0.870. The van der Waals surface area contributed by atoms with E-state index < -0.39 is 0 Å². The highest BCUT2D eigenvalue weighted by Gasteiger charge is 2.14. The van der Waals surface area contributed by atoms with Crippen molar-refractivity contribution in [3.63, 3.8) is 0 Å². The Bertz CT molecular complexity index is 459. The predicted octanol–water partition coefficient (Wildman–Crippen LogP) is 4.00. The van der Waals surface area contributed by atoms with Gasteiger partial charge in [0.2, 0.25) is 0 Å². The van der Waals surface area contributed by atoms with Crippen LogP contribution in [0.2, 0.25) is 5.02 Å². The Kier molecular flexibility index (Phi) is 5.40. The summed E-state index contributed by atoms with van der Waals surface area (Å²) in [7, 11) is 0. The van der Waals surface area contributed by atoms with Crippen LogP contribution in [0.25, 0.3) is 0 Å². The Labute approximate surface area is 123 Å². The van der Waals surface area contributed by atoms with Gasteiger partial charge in [0.25, 0.3) is 0 Å². The number of halogens is 1. The van der Waals surface area contributed by atoms with Gasteiger partial charge in [-0.3, -0.25) is 0 Å². The minimum absolute atomic E-state index is 0.0911. The number of amidine groups is 1. The molecule has 0 heterocycles. The highest BCUT2D eigenvalue weighted by molar-refractivity contribution is 7.99. The average molecular weight is 299 g/mol. The smallest absolute Gasteiger partial charge is 0.170 e. The van der Waals surface area contributed by atoms with Crippen molar-refractivity contribution in [1.82, 2.24) is 0 Å². The van der Waals surface area contributed by atoms with Crippen LogP contribution in [-0.4, -0.2) is 16.3 Å². The minimum Gasteiger partial charge on any atom is -0.409 e. The van der Waals surface area contributed by atoms with Crippen LogP contribution in [0.4, 0.5) is 0 Å². The van der Waals surface area contributed by atoms with Gasteiger partial charge in [-0.15, -0.1) is 0 Å². The van der Waals surface area contributed by atoms with E-state index in [0.717, 1.165) is 16.6 Å². The number of nitrogens with zero attached hydrogens (tertiary/aromatic N) is 1. The first-order valence-electron chi connectivity index (χ1n) is 6.58. The van der Waals surface area contributed by atoms with E-state index in [4.69, 9.17) is 22.5 Å². The SMILES string of the molecule is N/C(=N/O)c1ccc(CSC2CCCCC2)c(Cl)c1. The van der Waals surface area contributed by atoms with Crippen molar-refractivity contribution < 1.29 is 5.21 Å². The van der Waals surface area contributed by atoms with Gasteiger partial charge in [0.05, 0.1) is 0 Å². The van der Waals surface area contributed by atoms with Crippen LogP contribution >= 0.6 is 23.4 Å². The van der Waals surface area contributed by atoms with Crippen LogP contribution < -0.4 is 5.73 Å². The zero-order valence-corrected chi connectivity index (χ0v) is 12.4. The maximum Gasteiger partial charge on any atom is 0.170 e. The number of benzene rings is 1. The van der Waals surface area contributed by atoms with E-state index >= 15 is 0 Å². The summed E-state index contributed by atoms with van der Waals surface area (Å²) in [5, 5.41) is 13.1. The van der Waals surface area contributed by atoms with Crippen molar-refractivity contribution in [2.45, 2.75) is 43.1 Å². The summed E-state index contributed by atoms with van der Waals surface area (Å²) >= 11 is 8.23. The van der Waals surface area contributed by atoms with Crippen LogP contribution in [0.3, 0.4) is 0 Å². The van der Waals surface area contributed by atoms with Crippen LogP contribution in [0.1, 0.15) is 43.2 Å². The van der Waals surface area contributed by atoms with Crippen LogP contribution in [0.5, 0.6) is 0 Å². The number of nitrogens with two attached hydrogens (primary N) is 1. The van der Waals surface area contributed by atoms with Crippen molar-refractivity contribution in [1.29, 1.82) is 0 Å². The molecule has 19 heavy (non-hydrogen) atoms. The third kappa shape index (κ3) is 4.05. The number of thioether (sulfide) groups is 1. The fraction of sp³-hybridized carbons (Fsp3) is 0.500. The van der Waals surface area contributed by atoms with Crippen LogP contribution in [-0.2, 0) is 5.75 Å². The van der Waals surface area contributed by atoms with E-state index in [9.17, 15) is 0 Å². The topological polar surface area (TPSA) is 58.6 Å². The first kappa shape index (κ1) is 14.5. The molecule has 2 rings (SSSR count). The third-order valence-electron chi connectivity index (χ3n) is 3.48. The number of oxime groups is 1. The van der Waals surface area contributed by atoms with Gasteiger partial charge >= 0.3 is 0 Å². The molecule has 0 aliphatic heterocycles. The third-order valence-corrected chi connectivity index (χ3v) is 5.26. The van der Waals surface area contributed by atoms with Crippen molar-refractivity contribution in [2.75, 3.05) is 0 Å². The van der Waals surface area contributed by atoms with Gasteiger partial charge in [-0.2, -0.15) is 11.8 Å². The molecule has 1 aliphatic carbocycles. The second-order valence-electron chi connectivity index (χ2n) is 4.86. The van der Waals surface area contributed by atoms with Crippen molar-refractivity contribution in [3.8, 4) is 0 Å². The molecule has 0 bridgehead atoms. The molecular weight excluding hydrogens is 280 g/mol. The molecule has 3 N–H and O–H groups in total. The largest absolute Gasteiger partial charge is 0.409 e. The van der Waals surface area contributed by atoms with E-state index in [0.29, 0.717) is 10.6 Å². The number of hydrogen-bond acceptors (Lipinski definition) is 3. The molecule has 0 saturated heterocycles. The van der Waals surface area contributed by atoms with Crippen molar-refractivity contribution in [3.05, 3.63) is 34.3 Å². The molecule has 0 aromatic heterocycles. The van der Waals surface area contributed by atoms with Gasteiger partial charge in [-0.25, -0.2) is 0 Å². The molecule has 0 atom stereocenters. The number of hydrogen-bond donors (Lipinski definition) is 2. The molecule has 1 aliphatic rings. The molecule has 0 unspecified atom stereocenters. The highest BCUT2D eigenvalue weighted by Crippen LogP contribution is 2.32. The molecule has 0 amide bonds. The molecule has 0 radical (unpaired) electrons. The van der Waals surface area contributed by atoms with Gasteiger partial charge in [0, 0.05) is 21.6 Å². The van der Waals surface area contributed by atoms with Crippen molar-refractivity contribution in [2.24, 2.45) is 10.9 Å². The minimum atomic E-state index is 0.0911. The first-order chi connectivity index (χ1) is 9.20. The van der Waals surface area contributed by atoms with Gasteiger partial charge in [0.1, 0.15) is 0 Å². The van der Waals surface area contributed by atoms with Gasteiger partial charge in [0.15, 0.2) is 5.84 Å². The fourth-order valence-corrected chi connectivity index (χ4v) is 3.98. The van der Waals surface area contributed by atoms with E-state index in [2.05, 4.69) is 5.16 Å². The van der Waals surface area contributed by atoms with E-state index in [1.165, 1.54) is 32.1 Å². The zero-order valence-electron chi connectivity index (χ0n) is 10.8. The molecule has 1 aromatic carbocycles. The molecule has 0 spiro atoms. The molecule has 3 nitrogen and oxygen atoms in total. The second-order valence-corrected chi connectivity index (χ2v) is 6.56. The normalized spacial score (nSPS) is 17.6. The lowest BCUT2D eigenvalue weighted by Crippen LogP contribution is -2.13. The average Bonchev–Trinajstić information content (AvgIpc) is 2.46. The maximum absolute atomic E-state index is 8.64. The van der Waals surface area contributed by atoms with Crippen LogP contribution in [0, 0.1) is 0 Å². The summed E-state index contributed by atoms with van der Waals surface area (Å²) in [6.45, 7) is 0. The molecular formula is C14H19ClN2OS. The Morgan fingerprint density at radius 1 is 1.37 bits per heavy atom. The quantitative estimate of drug-likeness (QED) is 0.382. The van der Waals surface area contributed by atoms with E-state index in [1.54, 1.807) is 6.07 Å². The molecule has 104 valence electrons. The monoisotopic (exact) mass is 298 g/mol. The van der Waals surface area contributed by atoms with Gasteiger partial charge in [-0.1, -0.05) is 48.2 Å². The zero-order chi connectivity index (χ0) is 13.7. The summed E-state index contributed by atoms with van der Waals surface area (Å²) < 4.78 is 0. The van der Waals surface area contributed by atoms with Gasteiger partial charge < -0.3 is 10.9 Å². The molecule has 1 aromatic rings. The molecule has 5 heteroatoms. The Balaban J connectivity index is 1.97. The highest BCUT2D eigenvalue weighted by atomic mass is 35.5. The lowest BCUT2D eigenvalue weighted by molar-refractivity contribution is 0.318. The van der Waals surface area contributed by atoms with Crippen LogP contribution in [0.15, 0.2) is 23.4 Å². The fourth-order valence-electron chi connectivity index (χ4n) is 2.32. The maximum atomic E-state index is 8.64. The summed E-state index contributed by atoms with van der Waals surface area (Å²) in [4.78, 5) is 0. The Morgan fingerprint density at radius 3 is 2.74 bits per heavy atom. The lowest BCUT2D eigenvalue weighted by Gasteiger charge is -2.21. The second kappa shape index (κ2) is 7.06. The van der Waals surface area contributed by atoms with E-state index in [1.807, 2.05) is 23.9 Å². The summed E-state index contributed by atoms with van der Waals surface area (Å²) in [6, 6.07) is 5.57. The predicted molar refractivity (Wildman–Crippen MR) is 82.1 cm³/mol. The summed E-state index contributed by atoms with van der Waals surface area (Å²) in [5.74, 6) is 1.02. The van der Waals surface area contributed by atoms with E-state index in [-0.39, 0.29) is 5.84 Å². The van der Waals surface area contributed by atoms with Gasteiger partial charge in [-0.05, 0) is 24.5 Å². The lowest BCUT2D eigenvalue weighted by atomic mass is 10.0.